The molecule has 0 saturated carbocycles. The molecule has 0 aliphatic carbocycles. The molecule has 3 atom stereocenters. The van der Waals surface area contributed by atoms with Crippen molar-refractivity contribution in [3.8, 4) is 0 Å². The Labute approximate surface area is 135 Å². The molecule has 1 amide bonds. The average molecular weight is 347 g/mol. The zero-order valence-corrected chi connectivity index (χ0v) is 14.3. The summed E-state index contributed by atoms with van der Waals surface area (Å²) in [5.41, 5.74) is 0. The molecule has 0 aromatic carbocycles. The zero-order valence-electron chi connectivity index (χ0n) is 12.7. The molecule has 1 aliphatic rings. The molecule has 1 aromatic rings. The maximum atomic E-state index is 12.6. The Balaban J connectivity index is 2.25. The summed E-state index contributed by atoms with van der Waals surface area (Å²) in [6, 6.07) is 2.98. The van der Waals surface area contributed by atoms with E-state index in [9.17, 15) is 13.2 Å². The molecule has 0 radical (unpaired) electrons. The molecule has 2 heterocycles. The van der Waals surface area contributed by atoms with E-state index < -0.39 is 21.0 Å². The van der Waals surface area contributed by atoms with Crippen LogP contribution >= 0.6 is 11.6 Å². The first-order valence-electron chi connectivity index (χ1n) is 7.02. The number of sulfone groups is 1. The Morgan fingerprint density at radius 2 is 2.00 bits per heavy atom. The van der Waals surface area contributed by atoms with Crippen LogP contribution in [-0.2, 0) is 19.4 Å². The van der Waals surface area contributed by atoms with Crippen LogP contribution in [0.15, 0.2) is 23.4 Å². The minimum Gasteiger partial charge on any atom is -0.372 e. The van der Waals surface area contributed by atoms with Gasteiger partial charge < -0.3 is 9.64 Å². The van der Waals surface area contributed by atoms with Gasteiger partial charge in [-0.2, -0.15) is 0 Å². The molecule has 0 bridgehead atoms. The Morgan fingerprint density at radius 1 is 1.41 bits per heavy atom. The highest BCUT2D eigenvalue weighted by Crippen LogP contribution is 2.24. The van der Waals surface area contributed by atoms with Gasteiger partial charge in [-0.3, -0.25) is 4.79 Å². The SMILES string of the molecule is C[C@@H]1CN(C(=O)[C@@H](C)S(=O)(=O)c2ncccc2Cl)C[C@H](C)O1. The predicted molar refractivity (Wildman–Crippen MR) is 82.5 cm³/mol. The van der Waals surface area contributed by atoms with E-state index in [2.05, 4.69) is 4.98 Å². The van der Waals surface area contributed by atoms with Gasteiger partial charge in [0.25, 0.3) is 0 Å². The van der Waals surface area contributed by atoms with Crippen molar-refractivity contribution in [2.75, 3.05) is 13.1 Å². The van der Waals surface area contributed by atoms with Crippen LogP contribution in [0.1, 0.15) is 20.8 Å². The summed E-state index contributed by atoms with van der Waals surface area (Å²) in [6.45, 7) is 5.82. The van der Waals surface area contributed by atoms with Crippen molar-refractivity contribution < 1.29 is 17.9 Å². The molecule has 2 rings (SSSR count). The zero-order chi connectivity index (χ0) is 16.5. The number of aromatic nitrogens is 1. The molecule has 122 valence electrons. The van der Waals surface area contributed by atoms with Crippen LogP contribution in [0.4, 0.5) is 0 Å². The first-order chi connectivity index (χ1) is 10.2. The molecule has 1 aromatic heterocycles. The lowest BCUT2D eigenvalue weighted by molar-refractivity contribution is -0.142. The minimum atomic E-state index is -3.93. The van der Waals surface area contributed by atoms with Crippen LogP contribution in [-0.4, -0.2) is 54.8 Å². The van der Waals surface area contributed by atoms with Crippen LogP contribution in [0.5, 0.6) is 0 Å². The number of ether oxygens (including phenoxy) is 1. The van der Waals surface area contributed by atoms with Gasteiger partial charge in [0, 0.05) is 19.3 Å². The van der Waals surface area contributed by atoms with Crippen LogP contribution in [0.3, 0.4) is 0 Å². The molecular formula is C14H19ClN2O4S. The summed E-state index contributed by atoms with van der Waals surface area (Å²) < 4.78 is 30.7. The number of hydrogen-bond acceptors (Lipinski definition) is 5. The molecule has 0 spiro atoms. The Hall–Kier alpha value is -1.18. The molecule has 0 N–H and O–H groups in total. The Kier molecular flexibility index (Phi) is 5.09. The van der Waals surface area contributed by atoms with Gasteiger partial charge in [0.05, 0.1) is 17.2 Å². The quantitative estimate of drug-likeness (QED) is 0.829. The van der Waals surface area contributed by atoms with Crippen molar-refractivity contribution >= 4 is 27.3 Å². The lowest BCUT2D eigenvalue weighted by atomic mass is 10.2. The summed E-state index contributed by atoms with van der Waals surface area (Å²) >= 11 is 5.90. The molecular weight excluding hydrogens is 328 g/mol. The fourth-order valence-electron chi connectivity index (χ4n) is 2.50. The molecule has 0 unspecified atom stereocenters. The topological polar surface area (TPSA) is 76.6 Å². The number of pyridine rings is 1. The normalized spacial score (nSPS) is 24.1. The van der Waals surface area contributed by atoms with Crippen molar-refractivity contribution in [2.24, 2.45) is 0 Å². The van der Waals surface area contributed by atoms with E-state index in [0.29, 0.717) is 13.1 Å². The molecule has 8 heteroatoms. The van der Waals surface area contributed by atoms with Crippen LogP contribution in [0.25, 0.3) is 0 Å². The second-order valence-corrected chi connectivity index (χ2v) is 8.07. The van der Waals surface area contributed by atoms with E-state index in [0.717, 1.165) is 0 Å². The third-order valence-corrected chi connectivity index (χ3v) is 5.95. The lowest BCUT2D eigenvalue weighted by Gasteiger charge is -2.36. The minimum absolute atomic E-state index is 0.0193. The first-order valence-corrected chi connectivity index (χ1v) is 8.94. The van der Waals surface area contributed by atoms with Crippen LogP contribution < -0.4 is 0 Å². The number of amides is 1. The van der Waals surface area contributed by atoms with E-state index in [1.54, 1.807) is 6.07 Å². The van der Waals surface area contributed by atoms with E-state index in [-0.39, 0.29) is 22.3 Å². The molecule has 1 fully saturated rings. The summed E-state index contributed by atoms with van der Waals surface area (Å²) in [6.07, 6.45) is 1.09. The van der Waals surface area contributed by atoms with Crippen molar-refractivity contribution in [1.82, 2.24) is 9.88 Å². The third-order valence-electron chi connectivity index (χ3n) is 3.54. The van der Waals surface area contributed by atoms with Gasteiger partial charge in [-0.1, -0.05) is 11.6 Å². The number of nitrogens with zero attached hydrogens (tertiary/aromatic N) is 2. The summed E-state index contributed by atoms with van der Waals surface area (Å²) in [7, 11) is -3.93. The van der Waals surface area contributed by atoms with Gasteiger partial charge >= 0.3 is 0 Å². The second-order valence-electron chi connectivity index (χ2n) is 5.48. The van der Waals surface area contributed by atoms with Crippen molar-refractivity contribution in [1.29, 1.82) is 0 Å². The van der Waals surface area contributed by atoms with Gasteiger partial charge in [-0.25, -0.2) is 13.4 Å². The largest absolute Gasteiger partial charge is 0.372 e. The maximum Gasteiger partial charge on any atom is 0.241 e. The predicted octanol–water partition coefficient (Wildman–Crippen LogP) is 1.53. The second kappa shape index (κ2) is 6.52. The van der Waals surface area contributed by atoms with Gasteiger partial charge in [-0.15, -0.1) is 0 Å². The fraction of sp³-hybridized carbons (Fsp3) is 0.571. The van der Waals surface area contributed by atoms with E-state index >= 15 is 0 Å². The number of hydrogen-bond donors (Lipinski definition) is 0. The number of rotatable bonds is 3. The molecule has 22 heavy (non-hydrogen) atoms. The molecule has 1 aliphatic heterocycles. The van der Waals surface area contributed by atoms with E-state index in [1.807, 2.05) is 13.8 Å². The van der Waals surface area contributed by atoms with Gasteiger partial charge in [-0.05, 0) is 32.9 Å². The highest BCUT2D eigenvalue weighted by molar-refractivity contribution is 7.92. The van der Waals surface area contributed by atoms with Gasteiger partial charge in [0.15, 0.2) is 5.03 Å². The van der Waals surface area contributed by atoms with Crippen molar-refractivity contribution in [3.63, 3.8) is 0 Å². The van der Waals surface area contributed by atoms with E-state index in [4.69, 9.17) is 16.3 Å². The Bertz CT molecular complexity index is 655. The highest BCUT2D eigenvalue weighted by atomic mass is 35.5. The molecule has 1 saturated heterocycles. The average Bonchev–Trinajstić information content (AvgIpc) is 2.44. The third kappa shape index (κ3) is 3.42. The van der Waals surface area contributed by atoms with Crippen molar-refractivity contribution in [3.05, 3.63) is 23.4 Å². The van der Waals surface area contributed by atoms with Crippen LogP contribution in [0, 0.1) is 0 Å². The van der Waals surface area contributed by atoms with Gasteiger partial charge in [0.1, 0.15) is 5.25 Å². The van der Waals surface area contributed by atoms with E-state index in [1.165, 1.54) is 24.1 Å². The lowest BCUT2D eigenvalue weighted by Crippen LogP contribution is -2.52. The maximum absolute atomic E-state index is 12.6. The van der Waals surface area contributed by atoms with Crippen molar-refractivity contribution in [2.45, 2.75) is 43.3 Å². The number of morpholine rings is 1. The Morgan fingerprint density at radius 3 is 2.55 bits per heavy atom. The smallest absolute Gasteiger partial charge is 0.241 e. The number of halogens is 1. The highest BCUT2D eigenvalue weighted by Gasteiger charge is 2.37. The first kappa shape index (κ1) is 17.2. The summed E-state index contributed by atoms with van der Waals surface area (Å²) in [5, 5.41) is -1.48. The number of carbonyl (C=O) groups excluding carboxylic acids is 1. The van der Waals surface area contributed by atoms with Gasteiger partial charge in [0.2, 0.25) is 15.7 Å². The molecule has 6 nitrogen and oxygen atoms in total. The fourth-order valence-corrected chi connectivity index (χ4v) is 4.24. The van der Waals surface area contributed by atoms with Crippen LogP contribution in [0.2, 0.25) is 5.02 Å². The monoisotopic (exact) mass is 346 g/mol. The summed E-state index contributed by atoms with van der Waals surface area (Å²) in [5.74, 6) is -0.455. The standard InChI is InChI=1S/C14H19ClN2O4S/c1-9-7-17(8-10(2)21-9)14(18)11(3)22(19,20)13-12(15)5-4-6-16-13/h4-6,9-11H,7-8H2,1-3H3/t9-,10+,11-/m1/s1. The number of carbonyl (C=O) groups is 1. The summed E-state index contributed by atoms with van der Waals surface area (Å²) in [4.78, 5) is 17.9.